The van der Waals surface area contributed by atoms with Crippen molar-refractivity contribution in [3.05, 3.63) is 57.9 Å². The number of aliphatic carboxylic acids is 1. The lowest BCUT2D eigenvalue weighted by Gasteiger charge is -2.16. The highest BCUT2D eigenvalue weighted by Crippen LogP contribution is 2.47. The molecule has 2 atom stereocenters. The summed E-state index contributed by atoms with van der Waals surface area (Å²) >= 11 is 1.67. The van der Waals surface area contributed by atoms with Crippen LogP contribution in [0.1, 0.15) is 60.2 Å². The Labute approximate surface area is 196 Å². The summed E-state index contributed by atoms with van der Waals surface area (Å²) in [5.41, 5.74) is 4.96. The highest BCUT2D eigenvalue weighted by Gasteiger charge is 2.31. The molecule has 3 N–H and O–H groups in total. The summed E-state index contributed by atoms with van der Waals surface area (Å²) in [4.78, 5) is 18.0. The van der Waals surface area contributed by atoms with Gasteiger partial charge in [0.2, 0.25) is 0 Å². The fraction of sp³-hybridized carbons (Fsp3) is 0.385. The number of aryl methyl sites for hydroxylation is 2. The molecule has 0 amide bonds. The molecule has 5 nitrogen and oxygen atoms in total. The summed E-state index contributed by atoms with van der Waals surface area (Å²) in [6, 6.07) is 6.46. The quantitative estimate of drug-likeness (QED) is 0.388. The van der Waals surface area contributed by atoms with Crippen molar-refractivity contribution in [3.8, 4) is 11.1 Å². The van der Waals surface area contributed by atoms with Crippen molar-refractivity contribution in [2.45, 2.75) is 64.1 Å². The molecule has 0 bridgehead atoms. The Hall–Kier alpha value is -2.61. The molecule has 4 rings (SSSR count). The molecule has 1 fully saturated rings. The first-order valence-electron chi connectivity index (χ1n) is 11.3. The van der Waals surface area contributed by atoms with Crippen LogP contribution in [0.15, 0.2) is 30.3 Å². The van der Waals surface area contributed by atoms with Gasteiger partial charge in [-0.2, -0.15) is 0 Å². The summed E-state index contributed by atoms with van der Waals surface area (Å²) in [5.74, 6) is -1.07. The molecule has 0 unspecified atom stereocenters. The molecular weight excluding hydrogens is 441 g/mol. The molecule has 7 heteroatoms. The normalized spacial score (nSPS) is 15.9. The Morgan fingerprint density at radius 3 is 2.58 bits per heavy atom. The number of carboxylic acids is 1. The second-order valence-electron chi connectivity index (χ2n) is 8.65. The first-order valence-corrected chi connectivity index (χ1v) is 12.1. The lowest BCUT2D eigenvalue weighted by Crippen LogP contribution is -2.19. The van der Waals surface area contributed by atoms with Crippen LogP contribution in [0.2, 0.25) is 0 Å². The summed E-state index contributed by atoms with van der Waals surface area (Å²) in [5, 5.41) is 30.3. The minimum Gasteiger partial charge on any atom is -0.481 e. The van der Waals surface area contributed by atoms with Gasteiger partial charge in [0.1, 0.15) is 10.6 Å². The van der Waals surface area contributed by atoms with E-state index in [1.54, 1.807) is 29.5 Å². The van der Waals surface area contributed by atoms with Crippen LogP contribution >= 0.6 is 11.3 Å². The number of hydrogen-bond acceptors (Lipinski definition) is 5. The van der Waals surface area contributed by atoms with E-state index in [9.17, 15) is 19.4 Å². The number of fused-ring (bicyclic) bond motifs is 1. The zero-order valence-corrected chi connectivity index (χ0v) is 19.5. The smallest absolute Gasteiger partial charge is 0.305 e. The number of carboxylic acid groups (broad SMARTS) is 1. The Kier molecular flexibility index (Phi) is 6.93. The van der Waals surface area contributed by atoms with Crippen LogP contribution in [0.4, 0.5) is 4.39 Å². The van der Waals surface area contributed by atoms with Gasteiger partial charge in [0.05, 0.1) is 24.3 Å². The molecule has 0 aliphatic heterocycles. The van der Waals surface area contributed by atoms with Crippen molar-refractivity contribution in [2.24, 2.45) is 0 Å². The van der Waals surface area contributed by atoms with Gasteiger partial charge in [0, 0.05) is 33.7 Å². The highest BCUT2D eigenvalue weighted by atomic mass is 32.1. The monoisotopic (exact) mass is 469 g/mol. The number of carbonyl (C=O) groups is 1. The number of halogens is 1. The molecule has 0 saturated heterocycles. The second-order valence-corrected chi connectivity index (χ2v) is 9.85. The predicted octanol–water partition coefficient (Wildman–Crippen LogP) is 5.45. The van der Waals surface area contributed by atoms with Crippen LogP contribution in [0, 0.1) is 12.7 Å². The van der Waals surface area contributed by atoms with Crippen molar-refractivity contribution in [1.29, 1.82) is 0 Å². The third-order valence-electron chi connectivity index (χ3n) is 6.07. The van der Waals surface area contributed by atoms with Crippen LogP contribution in [0.5, 0.6) is 0 Å². The third-order valence-corrected chi connectivity index (χ3v) is 7.11. The van der Waals surface area contributed by atoms with E-state index in [0.29, 0.717) is 5.92 Å². The van der Waals surface area contributed by atoms with E-state index in [0.717, 1.165) is 51.9 Å². The Balaban J connectivity index is 1.86. The largest absolute Gasteiger partial charge is 0.481 e. The van der Waals surface area contributed by atoms with E-state index < -0.39 is 24.6 Å². The van der Waals surface area contributed by atoms with Crippen molar-refractivity contribution in [1.82, 2.24) is 4.98 Å². The molecule has 0 spiro atoms. The van der Waals surface area contributed by atoms with E-state index in [1.807, 2.05) is 6.08 Å². The van der Waals surface area contributed by atoms with Crippen molar-refractivity contribution >= 4 is 33.6 Å². The number of benzene rings is 1. The lowest BCUT2D eigenvalue weighted by atomic mass is 9.91. The Morgan fingerprint density at radius 1 is 1.27 bits per heavy atom. The molecule has 2 aromatic heterocycles. The Bertz CT molecular complexity index is 1200. The van der Waals surface area contributed by atoms with Crippen molar-refractivity contribution < 1.29 is 24.5 Å². The van der Waals surface area contributed by atoms with E-state index in [4.69, 9.17) is 10.1 Å². The fourth-order valence-electron chi connectivity index (χ4n) is 4.36. The summed E-state index contributed by atoms with van der Waals surface area (Å²) in [6.07, 6.45) is 3.76. The summed E-state index contributed by atoms with van der Waals surface area (Å²) in [6.45, 7) is 4.21. The summed E-state index contributed by atoms with van der Waals surface area (Å²) < 4.78 is 13.7. The topological polar surface area (TPSA) is 90.7 Å². The predicted molar refractivity (Wildman–Crippen MR) is 129 cm³/mol. The first-order chi connectivity index (χ1) is 15.8. The number of thiophene rings is 1. The van der Waals surface area contributed by atoms with Gasteiger partial charge in [-0.05, 0) is 49.4 Å². The maximum Gasteiger partial charge on any atom is 0.305 e. The van der Waals surface area contributed by atoms with Crippen molar-refractivity contribution in [2.75, 3.05) is 0 Å². The van der Waals surface area contributed by atoms with Crippen LogP contribution in [-0.4, -0.2) is 38.5 Å². The molecule has 1 aliphatic carbocycles. The number of aromatic nitrogens is 1. The molecule has 0 radical (unpaired) electrons. The van der Waals surface area contributed by atoms with Crippen LogP contribution in [0.25, 0.3) is 27.4 Å². The molecule has 174 valence electrons. The van der Waals surface area contributed by atoms with Gasteiger partial charge < -0.3 is 15.3 Å². The van der Waals surface area contributed by atoms with Gasteiger partial charge in [0.25, 0.3) is 0 Å². The number of nitrogens with zero attached hydrogens (tertiary/aromatic N) is 1. The van der Waals surface area contributed by atoms with E-state index in [1.165, 1.54) is 22.6 Å². The zero-order valence-electron chi connectivity index (χ0n) is 18.7. The average molecular weight is 470 g/mol. The number of aliphatic hydroxyl groups is 2. The maximum atomic E-state index is 13.7. The molecule has 1 aromatic carbocycles. The van der Waals surface area contributed by atoms with Gasteiger partial charge >= 0.3 is 5.97 Å². The highest BCUT2D eigenvalue weighted by molar-refractivity contribution is 7.18. The standard InChI is InChI=1S/C26H28FNO4S/c1-3-20-14(2)33-26-24(20)23(15-6-8-17(27)9-7-15)21(25(28-26)16-4-5-16)11-10-18(29)12-19(30)13-22(31)32/h6-11,16,18-19,29-30H,3-5,12-13H2,1-2H3,(H,31,32)/b11-10+/t18-,19-/m1/s1. The lowest BCUT2D eigenvalue weighted by molar-refractivity contribution is -0.139. The van der Waals surface area contributed by atoms with Crippen molar-refractivity contribution in [3.63, 3.8) is 0 Å². The number of aliphatic hydroxyl groups excluding tert-OH is 2. The average Bonchev–Trinajstić information content (AvgIpc) is 3.54. The summed E-state index contributed by atoms with van der Waals surface area (Å²) in [7, 11) is 0. The molecule has 1 saturated carbocycles. The van der Waals surface area contributed by atoms with Gasteiger partial charge in [-0.25, -0.2) is 9.37 Å². The van der Waals surface area contributed by atoms with Crippen LogP contribution in [-0.2, 0) is 11.2 Å². The molecular formula is C26H28FNO4S. The minimum absolute atomic E-state index is 0.0686. The minimum atomic E-state index is -1.13. The SMILES string of the molecule is CCc1c(C)sc2nc(C3CC3)c(/C=C/[C@@H](O)C[C@@H](O)CC(=O)O)c(-c3ccc(F)cc3)c12. The van der Waals surface area contributed by atoms with E-state index >= 15 is 0 Å². The van der Waals surface area contributed by atoms with Crippen LogP contribution < -0.4 is 0 Å². The molecule has 33 heavy (non-hydrogen) atoms. The third kappa shape index (κ3) is 5.16. The van der Waals surface area contributed by atoms with Crippen LogP contribution in [0.3, 0.4) is 0 Å². The first kappa shape index (κ1) is 23.5. The zero-order chi connectivity index (χ0) is 23.7. The van der Waals surface area contributed by atoms with E-state index in [-0.39, 0.29) is 12.2 Å². The van der Waals surface area contributed by atoms with Gasteiger partial charge in [-0.3, -0.25) is 4.79 Å². The van der Waals surface area contributed by atoms with Gasteiger partial charge in [-0.15, -0.1) is 11.3 Å². The molecule has 1 aliphatic rings. The second kappa shape index (κ2) is 9.71. The molecule has 3 aromatic rings. The van der Waals surface area contributed by atoms with Gasteiger partial charge in [-0.1, -0.05) is 31.2 Å². The van der Waals surface area contributed by atoms with E-state index in [2.05, 4.69) is 13.8 Å². The Morgan fingerprint density at radius 2 is 1.97 bits per heavy atom. The maximum absolute atomic E-state index is 13.7. The van der Waals surface area contributed by atoms with Gasteiger partial charge in [0.15, 0.2) is 0 Å². The number of rotatable bonds is 9. The molecule has 2 heterocycles. The fourth-order valence-corrected chi connectivity index (χ4v) is 5.49. The number of pyridine rings is 1. The number of hydrogen-bond donors (Lipinski definition) is 3.